The summed E-state index contributed by atoms with van der Waals surface area (Å²) in [5.74, 6) is -0.705. The fraction of sp³-hybridized carbons (Fsp3) is 0.0952. The minimum atomic E-state index is -0.974. The van der Waals surface area contributed by atoms with Gasteiger partial charge in [0.2, 0.25) is 0 Å². The first-order valence-corrected chi connectivity index (χ1v) is 10.1. The molecule has 0 bridgehead atoms. The highest BCUT2D eigenvalue weighted by atomic mass is 79.9. The van der Waals surface area contributed by atoms with Gasteiger partial charge in [0.15, 0.2) is 0 Å². The van der Waals surface area contributed by atoms with Crippen molar-refractivity contribution < 1.29 is 24.2 Å². The molecule has 0 spiro atoms. The second-order valence-electron chi connectivity index (χ2n) is 6.06. The molecular formula is C21H16BrNO5S. The van der Waals surface area contributed by atoms with E-state index in [0.29, 0.717) is 15.1 Å². The Morgan fingerprint density at radius 2 is 1.93 bits per heavy atom. The Morgan fingerprint density at radius 3 is 2.55 bits per heavy atom. The molecule has 0 atom stereocenters. The van der Waals surface area contributed by atoms with Crippen LogP contribution in [0, 0.1) is 0 Å². The Bertz CT molecular complexity index is 1020. The van der Waals surface area contributed by atoms with Gasteiger partial charge in [0.05, 0.1) is 14.9 Å². The molecule has 2 aromatic rings. The van der Waals surface area contributed by atoms with E-state index < -0.39 is 5.97 Å². The number of amides is 2. The summed E-state index contributed by atoms with van der Waals surface area (Å²) in [6.45, 7) is 4.02. The summed E-state index contributed by atoms with van der Waals surface area (Å²) in [6.07, 6.45) is 3.17. The van der Waals surface area contributed by atoms with Crippen molar-refractivity contribution in [3.8, 4) is 5.75 Å². The van der Waals surface area contributed by atoms with E-state index >= 15 is 0 Å². The predicted molar refractivity (Wildman–Crippen MR) is 115 cm³/mol. The average molecular weight is 474 g/mol. The molecule has 1 saturated heterocycles. The van der Waals surface area contributed by atoms with Crippen LogP contribution in [0.25, 0.3) is 6.08 Å². The number of carbonyl (C=O) groups excluding carboxylic acids is 2. The van der Waals surface area contributed by atoms with Gasteiger partial charge >= 0.3 is 5.97 Å². The molecule has 8 heteroatoms. The van der Waals surface area contributed by atoms with Crippen LogP contribution in [0.15, 0.2) is 64.5 Å². The zero-order chi connectivity index (χ0) is 21.0. The third-order valence-corrected chi connectivity index (χ3v) is 5.56. The highest BCUT2D eigenvalue weighted by molar-refractivity contribution is 9.10. The Kier molecular flexibility index (Phi) is 6.56. The molecule has 2 aromatic carbocycles. The van der Waals surface area contributed by atoms with E-state index in [1.54, 1.807) is 36.4 Å². The number of carbonyl (C=O) groups is 3. The number of benzene rings is 2. The lowest BCUT2D eigenvalue weighted by Crippen LogP contribution is -2.27. The molecule has 1 fully saturated rings. The van der Waals surface area contributed by atoms with Crippen molar-refractivity contribution in [3.63, 3.8) is 0 Å². The molecule has 0 unspecified atom stereocenters. The standard InChI is InChI=1S/C21H16BrNO5S/c1-2-9-23-19(24)18(29-21(23)27)11-14-5-8-17(16(22)10-14)28-12-13-3-6-15(7-4-13)20(25)26/h2-8,10-11H,1,9,12H2,(H,25,26)/b18-11+. The van der Waals surface area contributed by atoms with Crippen LogP contribution in [0.1, 0.15) is 21.5 Å². The summed E-state index contributed by atoms with van der Waals surface area (Å²) in [7, 11) is 0. The van der Waals surface area contributed by atoms with Crippen LogP contribution in [0.5, 0.6) is 5.75 Å². The number of hydrogen-bond acceptors (Lipinski definition) is 5. The maximum absolute atomic E-state index is 12.3. The Morgan fingerprint density at radius 1 is 1.21 bits per heavy atom. The highest BCUT2D eigenvalue weighted by Gasteiger charge is 2.34. The average Bonchev–Trinajstić information content (AvgIpc) is 2.95. The number of aromatic carboxylic acids is 1. The van der Waals surface area contributed by atoms with Gasteiger partial charge in [0.25, 0.3) is 11.1 Å². The van der Waals surface area contributed by atoms with Crippen LogP contribution in [-0.2, 0) is 11.4 Å². The van der Waals surface area contributed by atoms with Gasteiger partial charge in [-0.15, -0.1) is 6.58 Å². The zero-order valence-electron chi connectivity index (χ0n) is 15.1. The summed E-state index contributed by atoms with van der Waals surface area (Å²) in [4.78, 5) is 36.6. The van der Waals surface area contributed by atoms with Gasteiger partial charge in [-0.05, 0) is 69.2 Å². The minimum absolute atomic E-state index is 0.186. The van der Waals surface area contributed by atoms with Crippen LogP contribution in [0.3, 0.4) is 0 Å². The van der Waals surface area contributed by atoms with E-state index in [2.05, 4.69) is 22.5 Å². The minimum Gasteiger partial charge on any atom is -0.488 e. The van der Waals surface area contributed by atoms with Crippen molar-refractivity contribution in [3.05, 3.63) is 81.2 Å². The number of nitrogens with zero attached hydrogens (tertiary/aromatic N) is 1. The van der Waals surface area contributed by atoms with E-state index in [1.165, 1.54) is 18.2 Å². The summed E-state index contributed by atoms with van der Waals surface area (Å²) in [5, 5.41) is 8.62. The zero-order valence-corrected chi connectivity index (χ0v) is 17.5. The molecule has 1 N–H and O–H groups in total. The van der Waals surface area contributed by atoms with E-state index in [0.717, 1.165) is 27.8 Å². The van der Waals surface area contributed by atoms with Crippen molar-refractivity contribution in [1.29, 1.82) is 0 Å². The molecule has 0 saturated carbocycles. The Labute approximate surface area is 180 Å². The molecule has 148 valence electrons. The second kappa shape index (κ2) is 9.11. The maximum Gasteiger partial charge on any atom is 0.335 e. The number of carboxylic acid groups (broad SMARTS) is 1. The van der Waals surface area contributed by atoms with E-state index in [4.69, 9.17) is 9.84 Å². The first-order chi connectivity index (χ1) is 13.9. The molecule has 29 heavy (non-hydrogen) atoms. The van der Waals surface area contributed by atoms with E-state index in [9.17, 15) is 14.4 Å². The molecule has 3 rings (SSSR count). The van der Waals surface area contributed by atoms with E-state index in [-0.39, 0.29) is 29.9 Å². The molecule has 0 aromatic heterocycles. The van der Waals surface area contributed by atoms with Gasteiger partial charge in [-0.3, -0.25) is 14.5 Å². The molecule has 6 nitrogen and oxygen atoms in total. The number of thioether (sulfide) groups is 1. The molecule has 1 aliphatic heterocycles. The van der Waals surface area contributed by atoms with Gasteiger partial charge in [-0.1, -0.05) is 24.3 Å². The van der Waals surface area contributed by atoms with Crippen LogP contribution in [0.2, 0.25) is 0 Å². The topological polar surface area (TPSA) is 83.9 Å². The predicted octanol–water partition coefficient (Wildman–Crippen LogP) is 4.95. The summed E-state index contributed by atoms with van der Waals surface area (Å²) in [5.41, 5.74) is 1.80. The molecule has 0 radical (unpaired) electrons. The lowest BCUT2D eigenvalue weighted by Gasteiger charge is -2.10. The number of hydrogen-bond donors (Lipinski definition) is 1. The molecule has 1 aliphatic rings. The van der Waals surface area contributed by atoms with Gasteiger partial charge < -0.3 is 9.84 Å². The van der Waals surface area contributed by atoms with Gasteiger partial charge in [0.1, 0.15) is 12.4 Å². The van der Waals surface area contributed by atoms with Crippen molar-refractivity contribution in [2.24, 2.45) is 0 Å². The second-order valence-corrected chi connectivity index (χ2v) is 7.91. The fourth-order valence-electron chi connectivity index (χ4n) is 2.57. The van der Waals surface area contributed by atoms with Crippen LogP contribution >= 0.6 is 27.7 Å². The largest absolute Gasteiger partial charge is 0.488 e. The Hall–Kier alpha value is -2.84. The van der Waals surface area contributed by atoms with Crippen LogP contribution in [-0.4, -0.2) is 33.7 Å². The lowest BCUT2D eigenvalue weighted by atomic mass is 10.1. The smallest absolute Gasteiger partial charge is 0.335 e. The van der Waals surface area contributed by atoms with Crippen molar-refractivity contribution in [1.82, 2.24) is 4.90 Å². The molecule has 0 aliphatic carbocycles. The summed E-state index contributed by atoms with van der Waals surface area (Å²) >= 11 is 4.35. The lowest BCUT2D eigenvalue weighted by molar-refractivity contribution is -0.122. The number of imide groups is 1. The monoisotopic (exact) mass is 473 g/mol. The highest BCUT2D eigenvalue weighted by Crippen LogP contribution is 2.34. The summed E-state index contributed by atoms with van der Waals surface area (Å²) < 4.78 is 6.47. The number of carboxylic acids is 1. The van der Waals surface area contributed by atoms with Crippen LogP contribution < -0.4 is 4.74 Å². The number of rotatable bonds is 7. The summed E-state index contributed by atoms with van der Waals surface area (Å²) in [6, 6.07) is 11.8. The molecular weight excluding hydrogens is 458 g/mol. The first kappa shape index (κ1) is 20.9. The molecule has 2 amide bonds. The third-order valence-electron chi connectivity index (χ3n) is 4.03. The first-order valence-electron chi connectivity index (χ1n) is 8.50. The quantitative estimate of drug-likeness (QED) is 0.452. The van der Waals surface area contributed by atoms with Crippen molar-refractivity contribution in [2.45, 2.75) is 6.61 Å². The van der Waals surface area contributed by atoms with Gasteiger partial charge in [-0.25, -0.2) is 4.79 Å². The fourth-order valence-corrected chi connectivity index (χ4v) is 3.93. The van der Waals surface area contributed by atoms with Gasteiger partial charge in [0, 0.05) is 6.54 Å². The normalized spacial score (nSPS) is 15.1. The van der Waals surface area contributed by atoms with Crippen molar-refractivity contribution in [2.75, 3.05) is 6.54 Å². The SMILES string of the molecule is C=CCN1C(=O)S/C(=C/c2ccc(OCc3ccc(C(=O)O)cc3)c(Br)c2)C1=O. The van der Waals surface area contributed by atoms with Crippen LogP contribution in [0.4, 0.5) is 4.79 Å². The number of halogens is 1. The Balaban J connectivity index is 1.69. The third kappa shape index (κ3) is 4.96. The van der Waals surface area contributed by atoms with Gasteiger partial charge in [-0.2, -0.15) is 0 Å². The van der Waals surface area contributed by atoms with Crippen molar-refractivity contribution >= 4 is 50.9 Å². The molecule has 1 heterocycles. The number of ether oxygens (including phenoxy) is 1. The van der Waals surface area contributed by atoms with E-state index in [1.807, 2.05) is 0 Å². The maximum atomic E-state index is 12.3.